The first-order valence-corrected chi connectivity index (χ1v) is 10.4. The smallest absolute Gasteiger partial charge is 0.264 e. The molecule has 1 fully saturated rings. The molecule has 5 rings (SSSR count). The van der Waals surface area contributed by atoms with Gasteiger partial charge in [-0.15, -0.1) is 0 Å². The van der Waals surface area contributed by atoms with Crippen LogP contribution in [0.2, 0.25) is 0 Å². The fourth-order valence-corrected chi connectivity index (χ4v) is 3.85. The van der Waals surface area contributed by atoms with Crippen molar-refractivity contribution in [3.8, 4) is 11.4 Å². The van der Waals surface area contributed by atoms with Crippen molar-refractivity contribution in [3.05, 3.63) is 52.8 Å². The molecular weight excluding hydrogens is 413 g/mol. The summed E-state index contributed by atoms with van der Waals surface area (Å²) in [4.78, 5) is 30.7. The Bertz CT molecular complexity index is 1380. The average molecular weight is 435 g/mol. The quantitative estimate of drug-likeness (QED) is 0.473. The fourth-order valence-electron chi connectivity index (χ4n) is 3.85. The van der Waals surface area contributed by atoms with Crippen LogP contribution in [0.5, 0.6) is 0 Å². The minimum atomic E-state index is -0.561. The van der Waals surface area contributed by atoms with Crippen molar-refractivity contribution in [2.45, 2.75) is 38.3 Å². The maximum atomic E-state index is 14.4. The highest BCUT2D eigenvalue weighted by Crippen LogP contribution is 2.38. The van der Waals surface area contributed by atoms with Gasteiger partial charge < -0.3 is 11.1 Å². The number of hydrogen-bond acceptors (Lipinski definition) is 8. The summed E-state index contributed by atoms with van der Waals surface area (Å²) in [5, 5.41) is 7.69. The van der Waals surface area contributed by atoms with Crippen molar-refractivity contribution < 1.29 is 4.39 Å². The third-order valence-corrected chi connectivity index (χ3v) is 5.55. The lowest BCUT2D eigenvalue weighted by atomic mass is 10.1. The molecule has 0 saturated heterocycles. The van der Waals surface area contributed by atoms with E-state index in [4.69, 9.17) is 10.7 Å². The lowest BCUT2D eigenvalue weighted by Gasteiger charge is -2.23. The summed E-state index contributed by atoms with van der Waals surface area (Å²) >= 11 is 0. The molecule has 0 spiro atoms. The van der Waals surface area contributed by atoms with E-state index in [0.717, 1.165) is 12.8 Å². The lowest BCUT2D eigenvalue weighted by molar-refractivity contribution is 0.573. The molecule has 0 radical (unpaired) electrons. The summed E-state index contributed by atoms with van der Waals surface area (Å²) < 4.78 is 17.6. The second-order valence-electron chi connectivity index (χ2n) is 7.84. The Hall–Kier alpha value is -3.89. The number of nitrogen functional groups attached to an aromatic ring is 1. The Labute approximate surface area is 182 Å². The highest BCUT2D eigenvalue weighted by molar-refractivity contribution is 5.80. The van der Waals surface area contributed by atoms with Gasteiger partial charge in [-0.2, -0.15) is 5.10 Å². The average Bonchev–Trinajstić information content (AvgIpc) is 3.51. The molecule has 11 heteroatoms. The number of nitrogens with two attached hydrogens (primary N) is 1. The van der Waals surface area contributed by atoms with E-state index in [0.29, 0.717) is 35.0 Å². The van der Waals surface area contributed by atoms with E-state index in [1.54, 1.807) is 34.8 Å². The van der Waals surface area contributed by atoms with Crippen molar-refractivity contribution in [2.75, 3.05) is 11.1 Å². The molecule has 0 bridgehead atoms. The molecule has 3 aromatic heterocycles. The molecule has 10 nitrogen and oxygen atoms in total. The van der Waals surface area contributed by atoms with Gasteiger partial charge in [0.15, 0.2) is 5.82 Å². The molecule has 1 aliphatic rings. The van der Waals surface area contributed by atoms with Gasteiger partial charge in [-0.05, 0) is 31.4 Å². The first-order valence-electron chi connectivity index (χ1n) is 10.4. The normalized spacial score (nSPS) is 14.6. The molecule has 32 heavy (non-hydrogen) atoms. The summed E-state index contributed by atoms with van der Waals surface area (Å²) in [5.74, 6) is 1.03. The number of hydrogen-bond donors (Lipinski definition) is 2. The van der Waals surface area contributed by atoms with Crippen molar-refractivity contribution in [3.63, 3.8) is 0 Å². The van der Waals surface area contributed by atoms with Crippen LogP contribution in [-0.4, -0.2) is 34.3 Å². The van der Waals surface area contributed by atoms with Gasteiger partial charge in [-0.3, -0.25) is 14.0 Å². The van der Waals surface area contributed by atoms with E-state index in [1.165, 1.54) is 12.4 Å². The molecule has 3 N–H and O–H groups in total. The molecule has 0 aliphatic heterocycles. The van der Waals surface area contributed by atoms with Crippen LogP contribution in [0, 0.1) is 5.82 Å². The van der Waals surface area contributed by atoms with Crippen LogP contribution < -0.4 is 16.6 Å². The van der Waals surface area contributed by atoms with E-state index in [9.17, 15) is 9.18 Å². The Morgan fingerprint density at radius 3 is 2.78 bits per heavy atom. The van der Waals surface area contributed by atoms with Crippen LogP contribution in [-0.2, 0) is 7.05 Å². The van der Waals surface area contributed by atoms with Crippen LogP contribution in [0.15, 0.2) is 35.6 Å². The Morgan fingerprint density at radius 2 is 2.09 bits per heavy atom. The van der Waals surface area contributed by atoms with Gasteiger partial charge in [-0.25, -0.2) is 24.3 Å². The van der Waals surface area contributed by atoms with Gasteiger partial charge >= 0.3 is 0 Å². The predicted octanol–water partition coefficient (Wildman–Crippen LogP) is 2.60. The van der Waals surface area contributed by atoms with Crippen LogP contribution in [0.4, 0.5) is 16.0 Å². The molecule has 4 aromatic rings. The van der Waals surface area contributed by atoms with E-state index >= 15 is 0 Å². The number of nitrogens with one attached hydrogen (secondary N) is 1. The minimum absolute atomic E-state index is 0.0113. The molecule has 1 aliphatic carbocycles. The largest absolute Gasteiger partial charge is 0.383 e. The summed E-state index contributed by atoms with van der Waals surface area (Å²) in [6.07, 6.45) is 5.23. The number of anilines is 2. The summed E-state index contributed by atoms with van der Waals surface area (Å²) in [7, 11) is 1.75. The molecule has 3 heterocycles. The molecule has 1 atom stereocenters. The Balaban J connectivity index is 1.64. The van der Waals surface area contributed by atoms with Gasteiger partial charge in [0.2, 0.25) is 0 Å². The number of benzene rings is 1. The van der Waals surface area contributed by atoms with Gasteiger partial charge in [-0.1, -0.05) is 13.0 Å². The zero-order chi connectivity index (χ0) is 22.4. The first kappa shape index (κ1) is 20.0. The molecule has 1 aromatic carbocycles. The minimum Gasteiger partial charge on any atom is -0.383 e. The second kappa shape index (κ2) is 7.66. The number of aryl methyl sites for hydroxylation is 1. The monoisotopic (exact) mass is 435 g/mol. The highest BCUT2D eigenvalue weighted by atomic mass is 19.1. The second-order valence-corrected chi connectivity index (χ2v) is 7.84. The van der Waals surface area contributed by atoms with Crippen molar-refractivity contribution in [2.24, 2.45) is 7.05 Å². The third kappa shape index (κ3) is 3.35. The summed E-state index contributed by atoms with van der Waals surface area (Å²) in [6, 6.07) is 4.12. The topological polar surface area (TPSA) is 129 Å². The number of halogens is 1. The molecule has 1 saturated carbocycles. The summed E-state index contributed by atoms with van der Waals surface area (Å²) in [6.45, 7) is 1.97. The third-order valence-electron chi connectivity index (χ3n) is 5.55. The number of fused-ring (bicyclic) bond motifs is 1. The van der Waals surface area contributed by atoms with Gasteiger partial charge in [0.05, 0.1) is 11.6 Å². The predicted molar refractivity (Wildman–Crippen MR) is 117 cm³/mol. The van der Waals surface area contributed by atoms with E-state index in [-0.39, 0.29) is 28.8 Å². The zero-order valence-corrected chi connectivity index (χ0v) is 17.7. The van der Waals surface area contributed by atoms with Crippen molar-refractivity contribution in [1.29, 1.82) is 0 Å². The lowest BCUT2D eigenvalue weighted by Crippen LogP contribution is -2.29. The van der Waals surface area contributed by atoms with E-state index in [1.807, 2.05) is 6.92 Å². The number of aromatic nitrogens is 7. The Morgan fingerprint density at radius 1 is 1.28 bits per heavy atom. The molecule has 0 amide bonds. The van der Waals surface area contributed by atoms with Gasteiger partial charge in [0, 0.05) is 13.1 Å². The zero-order valence-electron chi connectivity index (χ0n) is 17.7. The van der Waals surface area contributed by atoms with Crippen LogP contribution in [0.3, 0.4) is 0 Å². The standard InChI is InChI=1S/C21H22FN9O/c1-3-13(27-18-16(17(23)24-9-25-18)19-26-10-30(2)29-19)20-28-14-6-4-5-12(22)15(14)21(32)31(20)11-7-8-11/h4-6,9-11,13H,3,7-8H2,1-2H3,(H3,23,24,25,27). The van der Waals surface area contributed by atoms with Crippen LogP contribution >= 0.6 is 0 Å². The maximum Gasteiger partial charge on any atom is 0.264 e. The van der Waals surface area contributed by atoms with E-state index < -0.39 is 5.82 Å². The van der Waals surface area contributed by atoms with E-state index in [2.05, 4.69) is 25.4 Å². The molecular formula is C21H22FN9O. The SMILES string of the molecule is CCC(Nc1ncnc(N)c1-c1ncn(C)n1)c1nc2cccc(F)c2c(=O)n1C1CC1. The van der Waals surface area contributed by atoms with Crippen molar-refractivity contribution in [1.82, 2.24) is 34.3 Å². The van der Waals surface area contributed by atoms with Crippen molar-refractivity contribution >= 4 is 22.5 Å². The van der Waals surface area contributed by atoms with Crippen LogP contribution in [0.25, 0.3) is 22.3 Å². The Kier molecular flexibility index (Phi) is 4.80. The molecule has 164 valence electrons. The van der Waals surface area contributed by atoms with Gasteiger partial charge in [0.25, 0.3) is 5.56 Å². The van der Waals surface area contributed by atoms with Gasteiger partial charge in [0.1, 0.15) is 46.9 Å². The molecule has 1 unspecified atom stereocenters. The van der Waals surface area contributed by atoms with Crippen LogP contribution in [0.1, 0.15) is 44.1 Å². The maximum absolute atomic E-state index is 14.4. The fraction of sp³-hybridized carbons (Fsp3) is 0.333. The summed E-state index contributed by atoms with van der Waals surface area (Å²) in [5.41, 5.74) is 6.57. The number of rotatable bonds is 6. The first-order chi connectivity index (χ1) is 15.5. The highest BCUT2D eigenvalue weighted by Gasteiger charge is 2.32. The number of nitrogens with zero attached hydrogens (tertiary/aromatic N) is 7.